The molecule has 1 aromatic heterocycles. The van der Waals surface area contributed by atoms with Crippen LogP contribution in [0.4, 0.5) is 18.9 Å². The molecular weight excluding hydrogens is 287 g/mol. The summed E-state index contributed by atoms with van der Waals surface area (Å²) in [6.45, 7) is 0. The summed E-state index contributed by atoms with van der Waals surface area (Å²) in [5.74, 6) is -0.818. The van der Waals surface area contributed by atoms with Gasteiger partial charge in [-0.15, -0.1) is 0 Å². The van der Waals surface area contributed by atoms with Gasteiger partial charge < -0.3 is 0 Å². The molecule has 0 aliphatic heterocycles. The molecule has 8 heteroatoms. The summed E-state index contributed by atoms with van der Waals surface area (Å²) < 4.78 is 40.9. The van der Waals surface area contributed by atoms with Crippen molar-refractivity contribution in [2.24, 2.45) is 0 Å². The van der Waals surface area contributed by atoms with E-state index in [2.05, 4.69) is 5.10 Å². The second kappa shape index (κ2) is 4.87. The summed E-state index contributed by atoms with van der Waals surface area (Å²) in [5.41, 5.74) is -0.570. The van der Waals surface area contributed by atoms with Crippen LogP contribution in [0, 0.1) is 15.9 Å². The Morgan fingerprint density at radius 2 is 2.05 bits per heavy atom. The van der Waals surface area contributed by atoms with Crippen LogP contribution >= 0.6 is 0 Å². The summed E-state index contributed by atoms with van der Waals surface area (Å²) in [7, 11) is 0. The molecule has 0 bridgehead atoms. The van der Waals surface area contributed by atoms with E-state index >= 15 is 0 Å². The van der Waals surface area contributed by atoms with Crippen molar-refractivity contribution in [2.75, 3.05) is 0 Å². The zero-order valence-electron chi connectivity index (χ0n) is 10.7. The molecule has 1 heterocycles. The first-order valence-corrected chi connectivity index (χ1v) is 6.29. The Balaban J connectivity index is 2.08. The number of nitrogens with zero attached hydrogens (tertiary/aromatic N) is 3. The number of aromatic nitrogens is 2. The molecule has 110 valence electrons. The van der Waals surface area contributed by atoms with E-state index in [1.54, 1.807) is 0 Å². The van der Waals surface area contributed by atoms with Crippen molar-refractivity contribution in [2.45, 2.75) is 25.2 Å². The number of hydrogen-bond donors (Lipinski definition) is 0. The van der Waals surface area contributed by atoms with Crippen molar-refractivity contribution < 1.29 is 18.1 Å². The van der Waals surface area contributed by atoms with Crippen LogP contribution in [0.1, 0.15) is 36.6 Å². The number of alkyl halides is 2. The molecule has 1 fully saturated rings. The molecule has 3 rings (SSSR count). The van der Waals surface area contributed by atoms with Gasteiger partial charge in [0.1, 0.15) is 11.4 Å². The van der Waals surface area contributed by atoms with Gasteiger partial charge in [0, 0.05) is 12.0 Å². The molecule has 0 N–H and O–H groups in total. The molecule has 1 saturated carbocycles. The third kappa shape index (κ3) is 2.48. The summed E-state index contributed by atoms with van der Waals surface area (Å²) in [6, 6.07) is 4.11. The van der Waals surface area contributed by atoms with Gasteiger partial charge in [0.2, 0.25) is 0 Å². The minimum absolute atomic E-state index is 0.143. The highest BCUT2D eigenvalue weighted by Gasteiger charge is 2.30. The predicted octanol–water partition coefficient (Wildman–Crippen LogP) is 3.73. The number of nitro benzene ring substituents is 1. The van der Waals surface area contributed by atoms with Crippen LogP contribution in [0.15, 0.2) is 24.3 Å². The molecule has 21 heavy (non-hydrogen) atoms. The third-order valence-electron chi connectivity index (χ3n) is 3.35. The van der Waals surface area contributed by atoms with Crippen molar-refractivity contribution >= 4 is 5.69 Å². The maximum absolute atomic E-state index is 14.0. The maximum Gasteiger partial charge on any atom is 0.280 e. The third-order valence-corrected chi connectivity index (χ3v) is 3.35. The Hall–Kier alpha value is -2.38. The number of benzene rings is 1. The van der Waals surface area contributed by atoms with Crippen molar-refractivity contribution in [3.63, 3.8) is 0 Å². The normalized spacial score (nSPS) is 14.7. The van der Waals surface area contributed by atoms with Crippen LogP contribution in [0.25, 0.3) is 5.69 Å². The largest absolute Gasteiger partial charge is 0.280 e. The second-order valence-electron chi connectivity index (χ2n) is 4.87. The highest BCUT2D eigenvalue weighted by molar-refractivity contribution is 5.43. The zero-order valence-corrected chi connectivity index (χ0v) is 10.7. The average Bonchev–Trinajstić information content (AvgIpc) is 3.18. The molecule has 0 radical (unpaired) electrons. The van der Waals surface area contributed by atoms with Crippen LogP contribution in [0.2, 0.25) is 0 Å². The topological polar surface area (TPSA) is 61.0 Å². The lowest BCUT2D eigenvalue weighted by atomic mass is 10.2. The van der Waals surface area contributed by atoms with Crippen molar-refractivity contribution in [1.82, 2.24) is 9.78 Å². The molecule has 0 atom stereocenters. The van der Waals surface area contributed by atoms with E-state index in [4.69, 9.17) is 0 Å². The Kier molecular flexibility index (Phi) is 3.15. The van der Waals surface area contributed by atoms with Crippen LogP contribution in [-0.4, -0.2) is 14.7 Å². The molecule has 1 aliphatic carbocycles. The lowest BCUT2D eigenvalue weighted by Gasteiger charge is -2.07. The minimum atomic E-state index is -2.81. The highest BCUT2D eigenvalue weighted by atomic mass is 19.3. The molecule has 0 unspecified atom stereocenters. The Bertz CT molecular complexity index is 711. The van der Waals surface area contributed by atoms with Crippen LogP contribution < -0.4 is 0 Å². The van der Waals surface area contributed by atoms with Gasteiger partial charge in [-0.05, 0) is 25.0 Å². The molecular formula is C13H10F3N3O2. The molecule has 1 aromatic carbocycles. The molecule has 0 saturated heterocycles. The van der Waals surface area contributed by atoms with E-state index in [0.717, 1.165) is 29.7 Å². The summed E-state index contributed by atoms with van der Waals surface area (Å²) in [6.07, 6.45) is -1.05. The van der Waals surface area contributed by atoms with E-state index < -0.39 is 28.5 Å². The van der Waals surface area contributed by atoms with Crippen molar-refractivity contribution in [1.29, 1.82) is 0 Å². The molecule has 2 aromatic rings. The van der Waals surface area contributed by atoms with Gasteiger partial charge in [-0.1, -0.05) is 0 Å². The Morgan fingerprint density at radius 1 is 1.33 bits per heavy atom. The standard InChI is InChI=1S/C13H10F3N3O2/c14-9-5-8(19(20)21)3-4-11(9)18-12(13(15)16)6-10(17-18)7-1-2-7/h3-7,13H,1-2H2. The fourth-order valence-electron chi connectivity index (χ4n) is 2.12. The van der Waals surface area contributed by atoms with Gasteiger partial charge in [0.15, 0.2) is 5.82 Å². The quantitative estimate of drug-likeness (QED) is 0.638. The fourth-order valence-corrected chi connectivity index (χ4v) is 2.12. The Morgan fingerprint density at radius 3 is 2.57 bits per heavy atom. The summed E-state index contributed by atoms with van der Waals surface area (Å²) >= 11 is 0. The average molecular weight is 297 g/mol. The minimum Gasteiger partial charge on any atom is -0.258 e. The first kappa shape index (κ1) is 13.6. The molecule has 0 spiro atoms. The van der Waals surface area contributed by atoms with E-state index in [9.17, 15) is 23.3 Å². The monoisotopic (exact) mass is 297 g/mol. The van der Waals surface area contributed by atoms with Gasteiger partial charge >= 0.3 is 0 Å². The van der Waals surface area contributed by atoms with Gasteiger partial charge in [0.05, 0.1) is 16.7 Å². The molecule has 1 aliphatic rings. The van der Waals surface area contributed by atoms with Crippen molar-refractivity contribution in [3.8, 4) is 5.69 Å². The Labute approximate surface area is 117 Å². The van der Waals surface area contributed by atoms with Crippen LogP contribution in [0.3, 0.4) is 0 Å². The highest BCUT2D eigenvalue weighted by Crippen LogP contribution is 2.41. The fraction of sp³-hybridized carbons (Fsp3) is 0.308. The van der Waals surface area contributed by atoms with E-state index in [-0.39, 0.29) is 11.6 Å². The van der Waals surface area contributed by atoms with Crippen LogP contribution in [0.5, 0.6) is 0 Å². The lowest BCUT2D eigenvalue weighted by molar-refractivity contribution is -0.385. The number of nitro groups is 1. The SMILES string of the molecule is O=[N+]([O-])c1ccc(-n2nc(C3CC3)cc2C(F)F)c(F)c1. The number of rotatable bonds is 4. The van der Waals surface area contributed by atoms with Gasteiger partial charge in [-0.25, -0.2) is 17.9 Å². The van der Waals surface area contributed by atoms with Gasteiger partial charge in [0.25, 0.3) is 12.1 Å². The number of non-ortho nitro benzene ring substituents is 1. The summed E-state index contributed by atoms with van der Waals surface area (Å²) in [5, 5.41) is 14.6. The maximum atomic E-state index is 14.0. The molecule has 5 nitrogen and oxygen atoms in total. The summed E-state index contributed by atoms with van der Waals surface area (Å²) in [4.78, 5) is 9.82. The number of hydrogen-bond acceptors (Lipinski definition) is 3. The second-order valence-corrected chi connectivity index (χ2v) is 4.87. The smallest absolute Gasteiger partial charge is 0.258 e. The van der Waals surface area contributed by atoms with Gasteiger partial charge in [-0.2, -0.15) is 5.10 Å². The molecule has 0 amide bonds. The number of halogens is 3. The van der Waals surface area contributed by atoms with Crippen LogP contribution in [-0.2, 0) is 0 Å². The van der Waals surface area contributed by atoms with E-state index in [1.807, 2.05) is 0 Å². The first-order chi connectivity index (χ1) is 9.97. The zero-order chi connectivity index (χ0) is 15.1. The first-order valence-electron chi connectivity index (χ1n) is 6.29. The lowest BCUT2D eigenvalue weighted by Crippen LogP contribution is -2.05. The van der Waals surface area contributed by atoms with E-state index in [0.29, 0.717) is 11.8 Å². The van der Waals surface area contributed by atoms with Crippen molar-refractivity contribution in [3.05, 3.63) is 51.6 Å². The van der Waals surface area contributed by atoms with E-state index in [1.165, 1.54) is 6.07 Å². The predicted molar refractivity (Wildman–Crippen MR) is 67.1 cm³/mol. The van der Waals surface area contributed by atoms with Gasteiger partial charge in [-0.3, -0.25) is 10.1 Å².